The van der Waals surface area contributed by atoms with Gasteiger partial charge in [-0.2, -0.15) is 0 Å². The second kappa shape index (κ2) is 5.58. The van der Waals surface area contributed by atoms with Gasteiger partial charge < -0.3 is 0 Å². The van der Waals surface area contributed by atoms with Crippen LogP contribution in [0.1, 0.15) is 33.4 Å². The highest BCUT2D eigenvalue weighted by molar-refractivity contribution is 9.10. The first-order chi connectivity index (χ1) is 8.80. The first-order valence-electron chi connectivity index (χ1n) is 6.14. The van der Waals surface area contributed by atoms with E-state index in [2.05, 4.69) is 53.6 Å². The third-order valence-corrected chi connectivity index (χ3v) is 6.37. The van der Waals surface area contributed by atoms with Crippen molar-refractivity contribution in [3.05, 3.63) is 16.2 Å². The second-order valence-electron chi connectivity index (χ2n) is 5.62. The Hall–Kier alpha value is -0.330. The van der Waals surface area contributed by atoms with Gasteiger partial charge in [0.25, 0.3) is 0 Å². The van der Waals surface area contributed by atoms with Gasteiger partial charge >= 0.3 is 0 Å². The van der Waals surface area contributed by atoms with E-state index >= 15 is 0 Å². The maximum atomic E-state index is 12.3. The highest BCUT2D eigenvalue weighted by Gasteiger charge is 2.19. The number of aromatic nitrogens is 2. The molecule has 2 aromatic rings. The molecular formula is C13H17BrN2OS2. The van der Waals surface area contributed by atoms with Gasteiger partial charge in [-0.25, -0.2) is 9.97 Å². The zero-order chi connectivity index (χ0) is 14.2. The smallest absolute Gasteiger partial charge is 0.183 e. The third kappa shape index (κ3) is 3.61. The Morgan fingerprint density at radius 2 is 2.05 bits per heavy atom. The van der Waals surface area contributed by atoms with Gasteiger partial charge in [0.2, 0.25) is 0 Å². The molecule has 0 fully saturated rings. The summed E-state index contributed by atoms with van der Waals surface area (Å²) in [6.45, 7) is 8.32. The summed E-state index contributed by atoms with van der Waals surface area (Å²) in [5.41, 5.74) is 1.74. The van der Waals surface area contributed by atoms with Gasteiger partial charge in [0.15, 0.2) is 9.99 Å². The number of thiazole rings is 1. The van der Waals surface area contributed by atoms with E-state index in [4.69, 9.17) is 0 Å². The Morgan fingerprint density at radius 1 is 1.37 bits per heavy atom. The molecule has 1 atom stereocenters. The predicted molar refractivity (Wildman–Crippen MR) is 85.2 cm³/mol. The molecule has 0 bridgehead atoms. The highest BCUT2D eigenvalue weighted by atomic mass is 79.9. The zero-order valence-electron chi connectivity index (χ0n) is 11.5. The Morgan fingerprint density at radius 3 is 2.63 bits per heavy atom. The Balaban J connectivity index is 2.39. The normalized spacial score (nSPS) is 13.9. The van der Waals surface area contributed by atoms with Crippen molar-refractivity contribution in [1.29, 1.82) is 0 Å². The Kier molecular flexibility index (Phi) is 4.42. The number of aryl methyl sites for hydroxylation is 1. The number of rotatable bonds is 3. The molecule has 0 amide bonds. The zero-order valence-corrected chi connectivity index (χ0v) is 14.7. The van der Waals surface area contributed by atoms with E-state index in [0.717, 1.165) is 21.3 Å². The van der Waals surface area contributed by atoms with E-state index in [-0.39, 0.29) is 5.41 Å². The molecule has 0 saturated heterocycles. The molecule has 0 aliphatic rings. The fraction of sp³-hybridized carbons (Fsp3) is 0.538. The molecule has 0 aromatic carbocycles. The summed E-state index contributed by atoms with van der Waals surface area (Å²) in [7, 11) is -1.05. The van der Waals surface area contributed by atoms with Crippen molar-refractivity contribution in [2.45, 2.75) is 38.5 Å². The van der Waals surface area contributed by atoms with E-state index in [0.29, 0.717) is 15.7 Å². The third-order valence-electron chi connectivity index (χ3n) is 2.48. The minimum Gasteiger partial charge on any atom is -0.252 e. The van der Waals surface area contributed by atoms with Crippen LogP contribution in [0.4, 0.5) is 0 Å². The molecule has 0 N–H and O–H groups in total. The molecule has 0 aliphatic carbocycles. The van der Waals surface area contributed by atoms with E-state index in [1.807, 2.05) is 6.07 Å². The number of halogens is 1. The van der Waals surface area contributed by atoms with Crippen molar-refractivity contribution in [1.82, 2.24) is 9.97 Å². The summed E-state index contributed by atoms with van der Waals surface area (Å²) in [5.74, 6) is 0.620. The van der Waals surface area contributed by atoms with E-state index in [1.165, 1.54) is 11.3 Å². The quantitative estimate of drug-likeness (QED) is 0.824. The van der Waals surface area contributed by atoms with Crippen LogP contribution in [0.5, 0.6) is 0 Å². The molecule has 19 heavy (non-hydrogen) atoms. The van der Waals surface area contributed by atoms with Crippen molar-refractivity contribution in [3.8, 4) is 0 Å². The molecule has 0 radical (unpaired) electrons. The van der Waals surface area contributed by atoms with Gasteiger partial charge in [0.05, 0.1) is 21.2 Å². The van der Waals surface area contributed by atoms with Crippen LogP contribution in [-0.4, -0.2) is 19.9 Å². The van der Waals surface area contributed by atoms with Gasteiger partial charge in [0.1, 0.15) is 0 Å². The first kappa shape index (κ1) is 15.1. The highest BCUT2D eigenvalue weighted by Crippen LogP contribution is 2.29. The van der Waals surface area contributed by atoms with E-state index < -0.39 is 10.8 Å². The topological polar surface area (TPSA) is 42.9 Å². The fourth-order valence-corrected chi connectivity index (χ4v) is 5.00. The maximum Gasteiger partial charge on any atom is 0.183 e. The summed E-state index contributed by atoms with van der Waals surface area (Å²) < 4.78 is 15.0. The summed E-state index contributed by atoms with van der Waals surface area (Å²) >= 11 is 4.99. The van der Waals surface area contributed by atoms with Crippen molar-refractivity contribution >= 4 is 48.4 Å². The average Bonchev–Trinajstić information content (AvgIpc) is 2.68. The summed E-state index contributed by atoms with van der Waals surface area (Å²) in [5, 5.41) is 0. The van der Waals surface area contributed by atoms with Crippen molar-refractivity contribution in [3.63, 3.8) is 0 Å². The molecule has 0 spiro atoms. The number of hydrogen-bond donors (Lipinski definition) is 0. The maximum absolute atomic E-state index is 12.3. The lowest BCUT2D eigenvalue weighted by molar-refractivity contribution is 0.474. The van der Waals surface area contributed by atoms with E-state index in [9.17, 15) is 4.21 Å². The first-order valence-corrected chi connectivity index (χ1v) is 9.07. The van der Waals surface area contributed by atoms with Crippen molar-refractivity contribution in [2.24, 2.45) is 5.41 Å². The van der Waals surface area contributed by atoms with Crippen LogP contribution in [0.2, 0.25) is 0 Å². The molecule has 0 unspecified atom stereocenters. The molecule has 3 nitrogen and oxygen atoms in total. The van der Waals surface area contributed by atoms with Crippen LogP contribution < -0.4 is 0 Å². The molecule has 2 aromatic heterocycles. The molecule has 0 saturated carbocycles. The van der Waals surface area contributed by atoms with Crippen molar-refractivity contribution in [2.75, 3.05) is 5.75 Å². The summed E-state index contributed by atoms with van der Waals surface area (Å²) in [6.07, 6.45) is 0.856. The van der Waals surface area contributed by atoms with E-state index in [1.54, 1.807) is 0 Å². The molecular weight excluding hydrogens is 344 g/mol. The van der Waals surface area contributed by atoms with Gasteiger partial charge in [-0.1, -0.05) is 27.7 Å². The molecule has 0 aliphatic heterocycles. The lowest BCUT2D eigenvalue weighted by atomic mass is 10.0. The van der Waals surface area contributed by atoms with Crippen molar-refractivity contribution < 1.29 is 4.21 Å². The monoisotopic (exact) mass is 360 g/mol. The molecule has 104 valence electrons. The predicted octanol–water partition coefficient (Wildman–Crippen LogP) is 4.17. The standard InChI is InChI=1S/C13H17BrN2OS2/c1-5-9-8(14)6-10-11(15-9)16-12(18-10)19(17)7-13(2,3)4/h6H,5,7H2,1-4H3/t19-/m0/s1. The Bertz CT molecular complexity index is 631. The van der Waals surface area contributed by atoms with Crippen LogP contribution in [0.25, 0.3) is 10.3 Å². The van der Waals surface area contributed by atoms with Crippen LogP contribution in [0.3, 0.4) is 0 Å². The minimum atomic E-state index is -1.05. The SMILES string of the molecule is CCc1nc2nc([S@@](=O)CC(C)(C)C)sc2cc1Br. The van der Waals surface area contributed by atoms with Crippen LogP contribution >= 0.6 is 27.3 Å². The average molecular weight is 361 g/mol. The summed E-state index contributed by atoms with van der Waals surface area (Å²) in [4.78, 5) is 8.94. The lowest BCUT2D eigenvalue weighted by Gasteiger charge is -2.15. The number of fused-ring (bicyclic) bond motifs is 1. The van der Waals surface area contributed by atoms with Crippen LogP contribution in [-0.2, 0) is 17.2 Å². The lowest BCUT2D eigenvalue weighted by Crippen LogP contribution is -2.16. The minimum absolute atomic E-state index is 0.0330. The van der Waals surface area contributed by atoms with Gasteiger partial charge in [-0.3, -0.25) is 4.21 Å². The molecule has 2 rings (SSSR count). The van der Waals surface area contributed by atoms with Crippen LogP contribution in [0, 0.1) is 5.41 Å². The summed E-state index contributed by atoms with van der Waals surface area (Å²) in [6, 6.07) is 2.02. The molecule has 6 heteroatoms. The number of pyridine rings is 1. The van der Waals surface area contributed by atoms with Gasteiger partial charge in [-0.05, 0) is 33.8 Å². The van der Waals surface area contributed by atoms with Crippen LogP contribution in [0.15, 0.2) is 14.9 Å². The Labute approximate surface area is 128 Å². The molecule has 2 heterocycles. The number of nitrogens with zero attached hydrogens (tertiary/aromatic N) is 2. The fourth-order valence-electron chi connectivity index (χ4n) is 1.66. The number of hydrogen-bond acceptors (Lipinski definition) is 4. The largest absolute Gasteiger partial charge is 0.252 e. The van der Waals surface area contributed by atoms with Gasteiger partial charge in [0, 0.05) is 10.2 Å². The second-order valence-corrected chi connectivity index (χ2v) is 9.13. The van der Waals surface area contributed by atoms with Gasteiger partial charge in [-0.15, -0.1) is 11.3 Å².